The van der Waals surface area contributed by atoms with Gasteiger partial charge in [0.25, 0.3) is 0 Å². The molecule has 2 aromatic rings. The molecule has 0 aromatic heterocycles. The third kappa shape index (κ3) is 2.78. The molecule has 3 rings (SSSR count). The van der Waals surface area contributed by atoms with E-state index >= 15 is 0 Å². The van der Waals surface area contributed by atoms with Crippen LogP contribution in [0.1, 0.15) is 17.2 Å². The summed E-state index contributed by atoms with van der Waals surface area (Å²) in [5, 5.41) is 13.0. The molecule has 0 spiro atoms. The van der Waals surface area contributed by atoms with Crippen LogP contribution in [0.25, 0.3) is 0 Å². The van der Waals surface area contributed by atoms with Crippen molar-refractivity contribution < 1.29 is 9.84 Å². The van der Waals surface area contributed by atoms with Crippen LogP contribution in [0.2, 0.25) is 0 Å². The van der Waals surface area contributed by atoms with Crippen molar-refractivity contribution in [2.45, 2.75) is 12.1 Å². The van der Waals surface area contributed by atoms with E-state index in [2.05, 4.69) is 17.4 Å². The second-order valence-corrected chi connectivity index (χ2v) is 4.84. The van der Waals surface area contributed by atoms with Crippen molar-refractivity contribution in [3.63, 3.8) is 0 Å². The Bertz CT molecular complexity index is 520. The molecule has 1 fully saturated rings. The van der Waals surface area contributed by atoms with Gasteiger partial charge in [-0.15, -0.1) is 0 Å². The molecule has 1 unspecified atom stereocenters. The van der Waals surface area contributed by atoms with Gasteiger partial charge in [0.05, 0.1) is 25.3 Å². The van der Waals surface area contributed by atoms with Crippen LogP contribution in [0.5, 0.6) is 5.75 Å². The summed E-state index contributed by atoms with van der Waals surface area (Å²) >= 11 is 0. The molecule has 1 aliphatic heterocycles. The van der Waals surface area contributed by atoms with Crippen LogP contribution >= 0.6 is 0 Å². The third-order valence-electron chi connectivity index (χ3n) is 3.40. The minimum absolute atomic E-state index is 0.135. The quantitative estimate of drug-likeness (QED) is 0.882. The Kier molecular flexibility index (Phi) is 3.49. The van der Waals surface area contributed by atoms with E-state index in [0.29, 0.717) is 11.8 Å². The summed E-state index contributed by atoms with van der Waals surface area (Å²) in [4.78, 5) is 0. The lowest BCUT2D eigenvalue weighted by Crippen LogP contribution is -2.47. The molecule has 0 saturated carbocycles. The number of phenolic OH excluding ortho intramolecular Hbond substituents is 1. The Morgan fingerprint density at radius 3 is 2.16 bits per heavy atom. The molecule has 0 radical (unpaired) electrons. The maximum Gasteiger partial charge on any atom is 0.115 e. The van der Waals surface area contributed by atoms with E-state index in [4.69, 9.17) is 4.74 Å². The van der Waals surface area contributed by atoms with Crippen LogP contribution in [0, 0.1) is 0 Å². The van der Waals surface area contributed by atoms with E-state index in [1.54, 1.807) is 12.1 Å². The average molecular weight is 255 g/mol. The van der Waals surface area contributed by atoms with Gasteiger partial charge in [-0.1, -0.05) is 42.5 Å². The largest absolute Gasteiger partial charge is 0.508 e. The Morgan fingerprint density at radius 2 is 1.58 bits per heavy atom. The van der Waals surface area contributed by atoms with E-state index in [-0.39, 0.29) is 6.04 Å². The van der Waals surface area contributed by atoms with Gasteiger partial charge in [0, 0.05) is 0 Å². The van der Waals surface area contributed by atoms with Crippen LogP contribution in [-0.4, -0.2) is 24.4 Å². The zero-order chi connectivity index (χ0) is 13.1. The van der Waals surface area contributed by atoms with Gasteiger partial charge in [-0.3, -0.25) is 5.32 Å². The molecule has 98 valence electrons. The van der Waals surface area contributed by atoms with Gasteiger partial charge in [0.15, 0.2) is 0 Å². The van der Waals surface area contributed by atoms with Crippen molar-refractivity contribution in [3.8, 4) is 5.75 Å². The fourth-order valence-corrected chi connectivity index (χ4v) is 2.26. The van der Waals surface area contributed by atoms with E-state index in [1.807, 2.05) is 30.3 Å². The summed E-state index contributed by atoms with van der Waals surface area (Å²) in [5.41, 5.74) is 2.37. The predicted octanol–water partition coefficient (Wildman–Crippen LogP) is 2.47. The van der Waals surface area contributed by atoms with Crippen molar-refractivity contribution >= 4 is 0 Å². The van der Waals surface area contributed by atoms with Crippen LogP contribution in [0.15, 0.2) is 54.6 Å². The fourth-order valence-electron chi connectivity index (χ4n) is 2.26. The highest BCUT2D eigenvalue weighted by Crippen LogP contribution is 2.25. The molecule has 3 nitrogen and oxygen atoms in total. The minimum Gasteiger partial charge on any atom is -0.508 e. The Morgan fingerprint density at radius 1 is 0.947 bits per heavy atom. The molecule has 1 atom stereocenters. The number of nitrogens with one attached hydrogen (secondary N) is 1. The van der Waals surface area contributed by atoms with E-state index in [0.717, 1.165) is 18.8 Å². The van der Waals surface area contributed by atoms with Crippen molar-refractivity contribution in [1.82, 2.24) is 5.32 Å². The van der Waals surface area contributed by atoms with Crippen LogP contribution < -0.4 is 5.32 Å². The summed E-state index contributed by atoms with van der Waals surface area (Å²) in [7, 11) is 0. The first-order valence-corrected chi connectivity index (χ1v) is 6.50. The zero-order valence-electron chi connectivity index (χ0n) is 10.6. The maximum absolute atomic E-state index is 9.41. The van der Waals surface area contributed by atoms with Gasteiger partial charge in [-0.25, -0.2) is 0 Å². The lowest BCUT2D eigenvalue weighted by atomic mass is 9.97. The Balaban J connectivity index is 1.88. The van der Waals surface area contributed by atoms with Crippen molar-refractivity contribution in [2.75, 3.05) is 13.2 Å². The molecule has 2 N–H and O–H groups in total. The van der Waals surface area contributed by atoms with Crippen molar-refractivity contribution in [1.29, 1.82) is 0 Å². The molecule has 3 heteroatoms. The first-order valence-electron chi connectivity index (χ1n) is 6.50. The van der Waals surface area contributed by atoms with Gasteiger partial charge < -0.3 is 9.84 Å². The van der Waals surface area contributed by atoms with E-state index in [1.165, 1.54) is 5.56 Å². The standard InChI is InChI=1S/C16H17NO2/c18-15-8-6-13(7-9-15)16(17-14-10-19-11-14)12-4-2-1-3-5-12/h1-9,14,16-18H,10-11H2. The summed E-state index contributed by atoms with van der Waals surface area (Å²) in [6.45, 7) is 1.53. The van der Waals surface area contributed by atoms with Gasteiger partial charge in [0.2, 0.25) is 0 Å². The molecule has 1 saturated heterocycles. The summed E-state index contributed by atoms with van der Waals surface area (Å²) in [6.07, 6.45) is 0. The second-order valence-electron chi connectivity index (χ2n) is 4.84. The first kappa shape index (κ1) is 12.2. The smallest absolute Gasteiger partial charge is 0.115 e. The lowest BCUT2D eigenvalue weighted by molar-refractivity contribution is -0.00826. The van der Waals surface area contributed by atoms with E-state index < -0.39 is 0 Å². The molecule has 0 bridgehead atoms. The number of aromatic hydroxyl groups is 1. The topological polar surface area (TPSA) is 41.5 Å². The highest BCUT2D eigenvalue weighted by molar-refractivity contribution is 5.35. The Labute approximate surface area is 112 Å². The fraction of sp³-hybridized carbons (Fsp3) is 0.250. The van der Waals surface area contributed by atoms with Crippen LogP contribution in [0.3, 0.4) is 0 Å². The number of hydrogen-bond acceptors (Lipinski definition) is 3. The first-order chi connectivity index (χ1) is 9.33. The zero-order valence-corrected chi connectivity index (χ0v) is 10.6. The van der Waals surface area contributed by atoms with E-state index in [9.17, 15) is 5.11 Å². The molecule has 19 heavy (non-hydrogen) atoms. The monoisotopic (exact) mass is 255 g/mol. The summed E-state index contributed by atoms with van der Waals surface area (Å²) < 4.78 is 5.22. The molecule has 0 aliphatic carbocycles. The van der Waals surface area contributed by atoms with Gasteiger partial charge in [0.1, 0.15) is 5.75 Å². The van der Waals surface area contributed by atoms with Crippen LogP contribution in [-0.2, 0) is 4.74 Å². The number of benzene rings is 2. The third-order valence-corrected chi connectivity index (χ3v) is 3.40. The van der Waals surface area contributed by atoms with Crippen LogP contribution in [0.4, 0.5) is 0 Å². The SMILES string of the molecule is Oc1ccc(C(NC2COC2)c2ccccc2)cc1. The molecule has 2 aromatic carbocycles. The molecule has 0 amide bonds. The molecular formula is C16H17NO2. The minimum atomic E-state index is 0.135. The van der Waals surface area contributed by atoms with Gasteiger partial charge in [-0.05, 0) is 23.3 Å². The summed E-state index contributed by atoms with van der Waals surface area (Å²) in [6, 6.07) is 18.2. The summed E-state index contributed by atoms with van der Waals surface area (Å²) in [5.74, 6) is 0.294. The highest BCUT2D eigenvalue weighted by Gasteiger charge is 2.23. The predicted molar refractivity (Wildman–Crippen MR) is 74.1 cm³/mol. The lowest BCUT2D eigenvalue weighted by Gasteiger charge is -2.32. The molecule has 1 heterocycles. The van der Waals surface area contributed by atoms with Crippen molar-refractivity contribution in [3.05, 3.63) is 65.7 Å². The second kappa shape index (κ2) is 5.43. The molecular weight excluding hydrogens is 238 g/mol. The Hall–Kier alpha value is -1.84. The maximum atomic E-state index is 9.41. The van der Waals surface area contributed by atoms with Crippen molar-refractivity contribution in [2.24, 2.45) is 0 Å². The van der Waals surface area contributed by atoms with Gasteiger partial charge >= 0.3 is 0 Å². The number of ether oxygens (including phenoxy) is 1. The van der Waals surface area contributed by atoms with Gasteiger partial charge in [-0.2, -0.15) is 0 Å². The number of rotatable bonds is 4. The normalized spacial score (nSPS) is 16.8. The highest BCUT2D eigenvalue weighted by atomic mass is 16.5. The number of hydrogen-bond donors (Lipinski definition) is 2. The average Bonchev–Trinajstić information content (AvgIpc) is 2.40. The number of phenols is 1. The molecule has 1 aliphatic rings.